The van der Waals surface area contributed by atoms with Crippen molar-refractivity contribution >= 4 is 33.2 Å². The van der Waals surface area contributed by atoms with E-state index in [4.69, 9.17) is 28.9 Å². The van der Waals surface area contributed by atoms with E-state index in [0.29, 0.717) is 0 Å². The summed E-state index contributed by atoms with van der Waals surface area (Å²) in [5.41, 5.74) is 5.34. The summed E-state index contributed by atoms with van der Waals surface area (Å²) >= 11 is 11.6. The number of benzene rings is 1. The lowest BCUT2D eigenvalue weighted by Gasteiger charge is -2.13. The molecule has 0 heterocycles. The third kappa shape index (κ3) is 3.09. The van der Waals surface area contributed by atoms with Crippen LogP contribution in [0.3, 0.4) is 0 Å². The maximum atomic E-state index is 11.9. The minimum Gasteiger partial charge on any atom is -0.329 e. The minimum atomic E-state index is -3.73. The van der Waals surface area contributed by atoms with E-state index in [-0.39, 0.29) is 27.5 Å². The van der Waals surface area contributed by atoms with Crippen molar-refractivity contribution in [3.05, 3.63) is 28.2 Å². The van der Waals surface area contributed by atoms with Gasteiger partial charge in [0.05, 0.1) is 10.0 Å². The van der Waals surface area contributed by atoms with Gasteiger partial charge in [-0.15, -0.1) is 0 Å². The largest absolute Gasteiger partial charge is 0.329 e. The van der Waals surface area contributed by atoms with Gasteiger partial charge in [0.2, 0.25) is 10.0 Å². The van der Waals surface area contributed by atoms with Gasteiger partial charge in [-0.05, 0) is 19.1 Å². The van der Waals surface area contributed by atoms with Crippen LogP contribution in [0.1, 0.15) is 6.92 Å². The Morgan fingerprint density at radius 2 is 1.88 bits per heavy atom. The molecule has 0 amide bonds. The fraction of sp³-hybridized carbons (Fsp3) is 0.333. The molecule has 0 saturated carbocycles. The summed E-state index contributed by atoms with van der Waals surface area (Å²) in [6, 6.07) is 4.14. The van der Waals surface area contributed by atoms with Gasteiger partial charge in [-0.1, -0.05) is 29.3 Å². The Hall–Kier alpha value is -0.330. The van der Waals surface area contributed by atoms with E-state index in [1.54, 1.807) is 13.0 Å². The Morgan fingerprint density at radius 1 is 1.38 bits per heavy atom. The molecule has 4 nitrogen and oxygen atoms in total. The zero-order chi connectivity index (χ0) is 12.3. The third-order valence-electron chi connectivity index (χ3n) is 1.90. The zero-order valence-corrected chi connectivity index (χ0v) is 10.9. The lowest BCUT2D eigenvalue weighted by Crippen LogP contribution is -2.37. The van der Waals surface area contributed by atoms with Gasteiger partial charge in [-0.3, -0.25) is 0 Å². The quantitative estimate of drug-likeness (QED) is 0.882. The Kier molecular flexibility index (Phi) is 4.58. The summed E-state index contributed by atoms with van der Waals surface area (Å²) in [5, 5.41) is 0.174. The van der Waals surface area contributed by atoms with E-state index in [0.717, 1.165) is 0 Å². The number of nitrogens with one attached hydrogen (secondary N) is 1. The summed E-state index contributed by atoms with van der Waals surface area (Å²) in [6.45, 7) is 1.85. The van der Waals surface area contributed by atoms with Gasteiger partial charge in [-0.2, -0.15) is 0 Å². The van der Waals surface area contributed by atoms with Gasteiger partial charge in [0, 0.05) is 12.6 Å². The van der Waals surface area contributed by atoms with E-state index in [1.165, 1.54) is 12.1 Å². The van der Waals surface area contributed by atoms with Crippen molar-refractivity contribution in [1.82, 2.24) is 4.72 Å². The Balaban J connectivity index is 3.17. The molecule has 7 heteroatoms. The molecule has 90 valence electrons. The van der Waals surface area contributed by atoms with Crippen molar-refractivity contribution in [2.45, 2.75) is 17.9 Å². The minimum absolute atomic E-state index is 0.0872. The van der Waals surface area contributed by atoms with Crippen LogP contribution in [-0.2, 0) is 10.0 Å². The van der Waals surface area contributed by atoms with Crippen molar-refractivity contribution in [2.75, 3.05) is 6.54 Å². The van der Waals surface area contributed by atoms with Crippen LogP contribution in [0.2, 0.25) is 10.0 Å². The number of hydrogen-bond acceptors (Lipinski definition) is 3. The van der Waals surface area contributed by atoms with E-state index < -0.39 is 10.0 Å². The lowest BCUT2D eigenvalue weighted by atomic mass is 10.4. The van der Waals surface area contributed by atoms with Gasteiger partial charge in [0.15, 0.2) is 0 Å². The fourth-order valence-corrected chi connectivity index (χ4v) is 3.51. The maximum Gasteiger partial charge on any atom is 0.243 e. The smallest absolute Gasteiger partial charge is 0.243 e. The molecule has 16 heavy (non-hydrogen) atoms. The fourth-order valence-electron chi connectivity index (χ4n) is 1.11. The highest BCUT2D eigenvalue weighted by molar-refractivity contribution is 7.89. The SMILES string of the molecule is C[C@@H](CN)NS(=O)(=O)c1c(Cl)cccc1Cl. The molecule has 1 aromatic carbocycles. The summed E-state index contributed by atoms with van der Waals surface area (Å²) in [5.74, 6) is 0. The van der Waals surface area contributed by atoms with Gasteiger partial charge >= 0.3 is 0 Å². The Bertz CT molecular complexity index is 456. The van der Waals surface area contributed by atoms with E-state index in [1.807, 2.05) is 0 Å². The highest BCUT2D eigenvalue weighted by atomic mass is 35.5. The summed E-state index contributed by atoms with van der Waals surface area (Å²) in [7, 11) is -3.73. The van der Waals surface area contributed by atoms with Crippen LogP contribution in [0.5, 0.6) is 0 Å². The number of rotatable bonds is 4. The summed E-state index contributed by atoms with van der Waals surface area (Å²) < 4.78 is 26.2. The van der Waals surface area contributed by atoms with Crippen LogP contribution in [0.25, 0.3) is 0 Å². The Morgan fingerprint density at radius 3 is 2.31 bits per heavy atom. The van der Waals surface area contributed by atoms with E-state index in [2.05, 4.69) is 4.72 Å². The molecular formula is C9H12Cl2N2O2S. The summed E-state index contributed by atoms with van der Waals surface area (Å²) in [4.78, 5) is -0.112. The predicted molar refractivity (Wildman–Crippen MR) is 65.3 cm³/mol. The molecule has 0 unspecified atom stereocenters. The molecule has 0 fully saturated rings. The molecule has 0 aromatic heterocycles. The molecule has 1 atom stereocenters. The molecule has 0 aliphatic heterocycles. The number of halogens is 2. The molecular weight excluding hydrogens is 271 g/mol. The molecule has 0 aliphatic carbocycles. The van der Waals surface area contributed by atoms with E-state index >= 15 is 0 Å². The van der Waals surface area contributed by atoms with Crippen LogP contribution < -0.4 is 10.5 Å². The van der Waals surface area contributed by atoms with Crippen molar-refractivity contribution in [3.8, 4) is 0 Å². The first kappa shape index (κ1) is 13.7. The molecule has 0 radical (unpaired) electrons. The first-order valence-corrected chi connectivity index (χ1v) is 6.79. The molecule has 1 aromatic rings. The van der Waals surface area contributed by atoms with E-state index in [9.17, 15) is 8.42 Å². The molecule has 0 bridgehead atoms. The third-order valence-corrected chi connectivity index (χ3v) is 4.44. The van der Waals surface area contributed by atoms with Crippen molar-refractivity contribution in [3.63, 3.8) is 0 Å². The standard InChI is InChI=1S/C9H12Cl2N2O2S/c1-6(5-12)13-16(14,15)9-7(10)3-2-4-8(9)11/h2-4,6,13H,5,12H2,1H3/t6-/m0/s1. The van der Waals surface area contributed by atoms with Crippen molar-refractivity contribution < 1.29 is 8.42 Å². The molecule has 3 N–H and O–H groups in total. The first-order valence-electron chi connectivity index (χ1n) is 4.55. The highest BCUT2D eigenvalue weighted by Gasteiger charge is 2.22. The second kappa shape index (κ2) is 5.33. The number of nitrogens with two attached hydrogens (primary N) is 1. The average Bonchev–Trinajstić information content (AvgIpc) is 2.16. The predicted octanol–water partition coefficient (Wildman–Crippen LogP) is 1.62. The van der Waals surface area contributed by atoms with Crippen molar-refractivity contribution in [1.29, 1.82) is 0 Å². The zero-order valence-electron chi connectivity index (χ0n) is 8.57. The number of sulfonamides is 1. The van der Waals surface area contributed by atoms with Gasteiger partial charge < -0.3 is 5.73 Å². The first-order chi connectivity index (χ1) is 7.38. The molecule has 0 saturated heterocycles. The van der Waals surface area contributed by atoms with Gasteiger partial charge in [0.1, 0.15) is 4.90 Å². The second-order valence-corrected chi connectivity index (χ2v) is 5.77. The van der Waals surface area contributed by atoms with Crippen LogP contribution in [0.15, 0.2) is 23.1 Å². The Labute approximate surface area is 105 Å². The van der Waals surface area contributed by atoms with Gasteiger partial charge in [0.25, 0.3) is 0 Å². The van der Waals surface area contributed by atoms with Crippen LogP contribution >= 0.6 is 23.2 Å². The van der Waals surface area contributed by atoms with Crippen LogP contribution in [-0.4, -0.2) is 21.0 Å². The monoisotopic (exact) mass is 282 g/mol. The maximum absolute atomic E-state index is 11.9. The second-order valence-electron chi connectivity index (χ2n) is 3.31. The normalized spacial score (nSPS) is 13.8. The average molecular weight is 283 g/mol. The lowest BCUT2D eigenvalue weighted by molar-refractivity contribution is 0.563. The van der Waals surface area contributed by atoms with Crippen LogP contribution in [0, 0.1) is 0 Å². The highest BCUT2D eigenvalue weighted by Crippen LogP contribution is 2.28. The molecule has 0 aliphatic rings. The molecule has 0 spiro atoms. The van der Waals surface area contributed by atoms with Gasteiger partial charge in [-0.25, -0.2) is 13.1 Å². The topological polar surface area (TPSA) is 72.2 Å². The number of hydrogen-bond donors (Lipinski definition) is 2. The molecule has 1 rings (SSSR count). The van der Waals surface area contributed by atoms with Crippen molar-refractivity contribution in [2.24, 2.45) is 5.73 Å². The summed E-state index contributed by atoms with van der Waals surface area (Å²) in [6.07, 6.45) is 0. The van der Waals surface area contributed by atoms with Crippen LogP contribution in [0.4, 0.5) is 0 Å².